The van der Waals surface area contributed by atoms with Gasteiger partial charge in [-0.15, -0.1) is 0 Å². The maximum absolute atomic E-state index is 11.2. The molecule has 0 radical (unpaired) electrons. The number of ether oxygens (including phenoxy) is 1. The number of rotatable bonds is 3. The highest BCUT2D eigenvalue weighted by atomic mass is 16.5. The molecule has 0 aromatic carbocycles. The van der Waals surface area contributed by atoms with Gasteiger partial charge in [-0.05, 0) is 55.4 Å². The van der Waals surface area contributed by atoms with E-state index in [1.807, 2.05) is 0 Å². The van der Waals surface area contributed by atoms with Crippen LogP contribution in [0.25, 0.3) is 0 Å². The zero-order chi connectivity index (χ0) is 17.7. The number of aliphatic hydroxyl groups is 2. The first-order chi connectivity index (χ1) is 11.2. The van der Waals surface area contributed by atoms with Gasteiger partial charge in [0.1, 0.15) is 5.60 Å². The molecule has 0 aliphatic heterocycles. The Labute approximate surface area is 146 Å². The summed E-state index contributed by atoms with van der Waals surface area (Å²) >= 11 is 0. The van der Waals surface area contributed by atoms with Crippen molar-refractivity contribution in [2.24, 2.45) is 23.2 Å². The Bertz CT molecular complexity index is 561. The molecule has 3 nitrogen and oxygen atoms in total. The normalized spacial score (nSPS) is 42.7. The lowest BCUT2D eigenvalue weighted by atomic mass is 9.69. The molecule has 3 heteroatoms. The monoisotopic (exact) mass is 334 g/mol. The average Bonchev–Trinajstić information content (AvgIpc) is 2.98. The van der Waals surface area contributed by atoms with Crippen LogP contribution in [0.4, 0.5) is 0 Å². The van der Waals surface area contributed by atoms with Gasteiger partial charge in [0.2, 0.25) is 0 Å². The molecular formula is C21H34O3. The van der Waals surface area contributed by atoms with Crippen LogP contribution in [0.3, 0.4) is 0 Å². The maximum Gasteiger partial charge on any atom is 0.109 e. The SMILES string of the molecule is COCC1(O)CCC2C1=CC1(C)CCC(C(C)C)=C1CC(O)C2C. The van der Waals surface area contributed by atoms with Crippen LogP contribution in [0.5, 0.6) is 0 Å². The van der Waals surface area contributed by atoms with Gasteiger partial charge in [0.25, 0.3) is 0 Å². The Morgan fingerprint density at radius 2 is 2.04 bits per heavy atom. The summed E-state index contributed by atoms with van der Waals surface area (Å²) in [6.45, 7) is 9.32. The highest BCUT2D eigenvalue weighted by molar-refractivity contribution is 5.40. The fraction of sp³-hybridized carbons (Fsp3) is 0.810. The zero-order valence-electron chi connectivity index (χ0n) is 15.9. The third kappa shape index (κ3) is 2.79. The van der Waals surface area contributed by atoms with Gasteiger partial charge >= 0.3 is 0 Å². The lowest BCUT2D eigenvalue weighted by Gasteiger charge is -2.38. The second-order valence-electron chi connectivity index (χ2n) is 8.92. The van der Waals surface area contributed by atoms with Gasteiger partial charge in [-0.25, -0.2) is 0 Å². The van der Waals surface area contributed by atoms with Crippen LogP contribution in [0, 0.1) is 23.2 Å². The second kappa shape index (κ2) is 6.26. The predicted molar refractivity (Wildman–Crippen MR) is 96.6 cm³/mol. The first-order valence-electron chi connectivity index (χ1n) is 9.57. The van der Waals surface area contributed by atoms with Crippen LogP contribution >= 0.6 is 0 Å². The van der Waals surface area contributed by atoms with E-state index in [4.69, 9.17) is 4.74 Å². The van der Waals surface area contributed by atoms with Gasteiger partial charge in [-0.1, -0.05) is 44.9 Å². The zero-order valence-corrected chi connectivity index (χ0v) is 15.9. The lowest BCUT2D eigenvalue weighted by Crippen LogP contribution is -2.38. The molecule has 0 bridgehead atoms. The first-order valence-corrected chi connectivity index (χ1v) is 9.57. The third-order valence-corrected chi connectivity index (χ3v) is 7.01. The Hall–Kier alpha value is -0.640. The Morgan fingerprint density at radius 1 is 1.33 bits per heavy atom. The molecule has 136 valence electrons. The van der Waals surface area contributed by atoms with Crippen molar-refractivity contribution in [3.8, 4) is 0 Å². The fourth-order valence-corrected chi connectivity index (χ4v) is 5.45. The molecule has 0 saturated heterocycles. The Balaban J connectivity index is 2.12. The second-order valence-corrected chi connectivity index (χ2v) is 8.92. The van der Waals surface area contributed by atoms with Gasteiger partial charge in [0.15, 0.2) is 0 Å². The number of allylic oxidation sites excluding steroid dienone is 2. The summed E-state index contributed by atoms with van der Waals surface area (Å²) in [5.74, 6) is 0.967. The average molecular weight is 335 g/mol. The van der Waals surface area contributed by atoms with E-state index in [0.29, 0.717) is 12.5 Å². The highest BCUT2D eigenvalue weighted by Gasteiger charge is 2.49. The first kappa shape index (κ1) is 18.2. The highest BCUT2D eigenvalue weighted by Crippen LogP contribution is 2.55. The topological polar surface area (TPSA) is 49.7 Å². The molecule has 5 unspecified atom stereocenters. The molecule has 0 heterocycles. The summed E-state index contributed by atoms with van der Waals surface area (Å²) in [5, 5.41) is 22.1. The smallest absolute Gasteiger partial charge is 0.109 e. The van der Waals surface area contributed by atoms with Crippen molar-refractivity contribution in [2.45, 2.75) is 71.5 Å². The van der Waals surface area contributed by atoms with E-state index >= 15 is 0 Å². The quantitative estimate of drug-likeness (QED) is 0.771. The molecule has 0 amide bonds. The van der Waals surface area contributed by atoms with E-state index in [1.165, 1.54) is 11.1 Å². The number of hydrogen-bond acceptors (Lipinski definition) is 3. The van der Waals surface area contributed by atoms with Crippen LogP contribution < -0.4 is 0 Å². The predicted octanol–water partition coefficient (Wildman–Crippen LogP) is 3.85. The molecule has 0 aromatic rings. The van der Waals surface area contributed by atoms with Crippen molar-refractivity contribution < 1.29 is 14.9 Å². The fourth-order valence-electron chi connectivity index (χ4n) is 5.45. The van der Waals surface area contributed by atoms with Crippen LogP contribution in [-0.4, -0.2) is 35.6 Å². The van der Waals surface area contributed by atoms with Gasteiger partial charge in [-0.3, -0.25) is 0 Å². The van der Waals surface area contributed by atoms with E-state index in [-0.39, 0.29) is 23.4 Å². The van der Waals surface area contributed by atoms with E-state index in [1.54, 1.807) is 7.11 Å². The minimum absolute atomic E-state index is 0.0274. The van der Waals surface area contributed by atoms with Gasteiger partial charge in [0, 0.05) is 12.5 Å². The molecule has 3 aliphatic carbocycles. The lowest BCUT2D eigenvalue weighted by molar-refractivity contribution is -0.00113. The summed E-state index contributed by atoms with van der Waals surface area (Å²) in [4.78, 5) is 0. The molecule has 0 spiro atoms. The van der Waals surface area contributed by atoms with Gasteiger partial charge in [-0.2, -0.15) is 0 Å². The summed E-state index contributed by atoms with van der Waals surface area (Å²) in [5.41, 5.74) is 3.18. The van der Waals surface area contributed by atoms with Crippen molar-refractivity contribution in [3.05, 3.63) is 22.8 Å². The van der Waals surface area contributed by atoms with Crippen molar-refractivity contribution in [1.29, 1.82) is 0 Å². The number of hydrogen-bond donors (Lipinski definition) is 2. The van der Waals surface area contributed by atoms with Gasteiger partial charge in [0.05, 0.1) is 12.7 Å². The van der Waals surface area contributed by atoms with Crippen molar-refractivity contribution in [1.82, 2.24) is 0 Å². The molecular weight excluding hydrogens is 300 g/mol. The largest absolute Gasteiger partial charge is 0.392 e. The Kier molecular flexibility index (Phi) is 4.74. The van der Waals surface area contributed by atoms with Crippen molar-refractivity contribution in [2.75, 3.05) is 13.7 Å². The van der Waals surface area contributed by atoms with Crippen molar-refractivity contribution >= 4 is 0 Å². The minimum Gasteiger partial charge on any atom is -0.392 e. The molecule has 1 fully saturated rings. The van der Waals surface area contributed by atoms with Crippen molar-refractivity contribution in [3.63, 3.8) is 0 Å². The molecule has 5 atom stereocenters. The van der Waals surface area contributed by atoms with Crippen LogP contribution in [0.15, 0.2) is 22.8 Å². The number of aliphatic hydroxyl groups excluding tert-OH is 1. The molecule has 0 aromatic heterocycles. The third-order valence-electron chi connectivity index (χ3n) is 7.01. The van der Waals surface area contributed by atoms with E-state index in [0.717, 1.165) is 37.7 Å². The molecule has 2 N–H and O–H groups in total. The van der Waals surface area contributed by atoms with Crippen LogP contribution in [0.1, 0.15) is 59.8 Å². The maximum atomic E-state index is 11.2. The van der Waals surface area contributed by atoms with E-state index < -0.39 is 5.60 Å². The molecule has 24 heavy (non-hydrogen) atoms. The van der Waals surface area contributed by atoms with E-state index in [2.05, 4.69) is 33.8 Å². The number of fused-ring (bicyclic) bond motifs is 2. The van der Waals surface area contributed by atoms with Gasteiger partial charge < -0.3 is 14.9 Å². The summed E-state index contributed by atoms with van der Waals surface area (Å²) < 4.78 is 5.35. The van der Waals surface area contributed by atoms with Crippen LogP contribution in [-0.2, 0) is 4.74 Å². The molecule has 1 saturated carbocycles. The molecule has 3 aliphatic rings. The standard InChI is InChI=1S/C21H34O3/c1-13(2)15-6-8-20(4)11-18-16(7-9-21(18,23)12-24-5)14(3)19(22)10-17(15)20/h11,13-14,16,19,22-23H,6-10,12H2,1-5H3. The van der Waals surface area contributed by atoms with E-state index in [9.17, 15) is 10.2 Å². The summed E-state index contributed by atoms with van der Waals surface area (Å²) in [6, 6.07) is 0. The van der Waals surface area contributed by atoms with Crippen LogP contribution in [0.2, 0.25) is 0 Å². The molecule has 3 rings (SSSR count). The number of methoxy groups -OCH3 is 1. The summed E-state index contributed by atoms with van der Waals surface area (Å²) in [7, 11) is 1.66. The minimum atomic E-state index is -0.862. The Morgan fingerprint density at radius 3 is 2.67 bits per heavy atom. The summed E-state index contributed by atoms with van der Waals surface area (Å²) in [6.07, 6.45) is 6.71.